The molecule has 5 heteroatoms. The summed E-state index contributed by atoms with van der Waals surface area (Å²) in [5, 5.41) is 12.0. The molecule has 2 aromatic heterocycles. The van der Waals surface area contributed by atoms with Crippen molar-refractivity contribution in [2.24, 2.45) is 16.7 Å². The van der Waals surface area contributed by atoms with Crippen LogP contribution in [0.2, 0.25) is 0 Å². The summed E-state index contributed by atoms with van der Waals surface area (Å²) in [5.74, 6) is 0.722. The molecule has 4 nitrogen and oxygen atoms in total. The van der Waals surface area contributed by atoms with Gasteiger partial charge in [-0.2, -0.15) is 0 Å². The number of nitrogens with zero attached hydrogens (tertiary/aromatic N) is 2. The van der Waals surface area contributed by atoms with Crippen molar-refractivity contribution in [3.05, 3.63) is 95.1 Å². The molecular formula is C41H51IrN2O2-. The van der Waals surface area contributed by atoms with E-state index in [1.54, 1.807) is 0 Å². The zero-order chi connectivity index (χ0) is 33.3. The zero-order valence-electron chi connectivity index (χ0n) is 29.6. The van der Waals surface area contributed by atoms with Gasteiger partial charge in [0.05, 0.1) is 0 Å². The van der Waals surface area contributed by atoms with Crippen LogP contribution in [0.4, 0.5) is 0 Å². The van der Waals surface area contributed by atoms with Gasteiger partial charge in [-0.15, -0.1) is 29.1 Å². The van der Waals surface area contributed by atoms with E-state index in [4.69, 9.17) is 9.97 Å². The minimum absolute atomic E-state index is 0. The number of carbonyl (C=O) groups excluding carboxylic acids is 1. The molecule has 0 amide bonds. The van der Waals surface area contributed by atoms with Gasteiger partial charge < -0.3 is 5.11 Å². The quantitative estimate of drug-likeness (QED) is 0.127. The van der Waals surface area contributed by atoms with E-state index in [1.807, 2.05) is 41.5 Å². The molecule has 1 aliphatic carbocycles. The maximum atomic E-state index is 11.5. The molecule has 1 N–H and O–H groups in total. The Morgan fingerprint density at radius 1 is 0.870 bits per heavy atom. The van der Waals surface area contributed by atoms with E-state index in [-0.39, 0.29) is 42.5 Å². The molecule has 247 valence electrons. The molecule has 2 heterocycles. The van der Waals surface area contributed by atoms with Crippen LogP contribution in [-0.2, 0) is 49.6 Å². The summed E-state index contributed by atoms with van der Waals surface area (Å²) in [6.07, 6.45) is 8.61. The van der Waals surface area contributed by atoms with Gasteiger partial charge >= 0.3 is 0 Å². The second kappa shape index (κ2) is 14.3. The Hall–Kier alpha value is -3.14. The minimum atomic E-state index is -0.417. The fourth-order valence-electron chi connectivity index (χ4n) is 5.42. The molecule has 4 aromatic rings. The Labute approximate surface area is 290 Å². The average molecular weight is 796 g/mol. The standard InChI is InChI=1S/C30H31N2.C11H20O2.Ir/c1-19(2)12-24-14-21-10-11-22-17-32-29(16-26(22)27(21)18-31-24)23-13-20-8-6-7-9-25(20)28(15-23)30(3,4)5;1-10(2,3)8(12)7-9(13)11(4,5)6;/h6-9,14-19H,10-12H2,1-5H3;7,12H,1-6H3;/q-1;;/b;8-7-;. The van der Waals surface area contributed by atoms with E-state index in [0.717, 1.165) is 35.9 Å². The monoisotopic (exact) mass is 796 g/mol. The predicted octanol–water partition coefficient (Wildman–Crippen LogP) is 10.4. The van der Waals surface area contributed by atoms with Crippen molar-refractivity contribution in [2.75, 3.05) is 0 Å². The molecular weight excluding hydrogens is 745 g/mol. The van der Waals surface area contributed by atoms with E-state index >= 15 is 0 Å². The van der Waals surface area contributed by atoms with Gasteiger partial charge in [-0.3, -0.25) is 14.8 Å². The van der Waals surface area contributed by atoms with E-state index in [1.165, 1.54) is 45.0 Å². The third-order valence-electron chi connectivity index (χ3n) is 8.24. The molecule has 0 fully saturated rings. The number of rotatable bonds is 4. The number of aryl methyl sites for hydroxylation is 2. The second-order valence-corrected chi connectivity index (χ2v) is 15.9. The summed E-state index contributed by atoms with van der Waals surface area (Å²) in [4.78, 5) is 21.1. The molecule has 2 aromatic carbocycles. The van der Waals surface area contributed by atoms with Crippen LogP contribution in [0.5, 0.6) is 0 Å². The molecule has 0 bridgehead atoms. The van der Waals surface area contributed by atoms with Gasteiger partial charge in [-0.05, 0) is 53.4 Å². The number of pyridine rings is 2. The molecule has 0 atom stereocenters. The maximum absolute atomic E-state index is 11.5. The van der Waals surface area contributed by atoms with Crippen LogP contribution in [0.3, 0.4) is 0 Å². The number of hydrogen-bond acceptors (Lipinski definition) is 4. The first-order valence-electron chi connectivity index (χ1n) is 16.2. The number of aromatic nitrogens is 2. The Bertz CT molecular complexity index is 1730. The molecule has 1 aliphatic rings. The Kier molecular flexibility index (Phi) is 11.6. The largest absolute Gasteiger partial charge is 0.512 e. The molecule has 1 radical (unpaired) electrons. The third-order valence-corrected chi connectivity index (χ3v) is 8.24. The minimum Gasteiger partial charge on any atom is -0.512 e. The number of fused-ring (bicyclic) bond motifs is 4. The van der Waals surface area contributed by atoms with Crippen molar-refractivity contribution in [1.29, 1.82) is 0 Å². The molecule has 0 unspecified atom stereocenters. The van der Waals surface area contributed by atoms with Crippen molar-refractivity contribution >= 4 is 16.6 Å². The number of hydrogen-bond donors (Lipinski definition) is 1. The Balaban J connectivity index is 0.000000352. The van der Waals surface area contributed by atoms with E-state index in [0.29, 0.717) is 5.92 Å². The van der Waals surface area contributed by atoms with Crippen LogP contribution in [-0.4, -0.2) is 20.9 Å². The fraction of sp³-hybridized carbons (Fsp3) is 0.439. The van der Waals surface area contributed by atoms with Gasteiger partial charge in [0.1, 0.15) is 5.76 Å². The third kappa shape index (κ3) is 9.01. The van der Waals surface area contributed by atoms with Crippen LogP contribution in [0, 0.1) is 22.8 Å². The first-order chi connectivity index (χ1) is 20.8. The van der Waals surface area contributed by atoms with Gasteiger partial charge in [-0.1, -0.05) is 111 Å². The van der Waals surface area contributed by atoms with Crippen LogP contribution in [0.25, 0.3) is 33.2 Å². The van der Waals surface area contributed by atoms with Crippen LogP contribution >= 0.6 is 0 Å². The summed E-state index contributed by atoms with van der Waals surface area (Å²) in [6, 6.07) is 19.0. The van der Waals surface area contributed by atoms with Gasteiger partial charge in [0.25, 0.3) is 0 Å². The zero-order valence-corrected chi connectivity index (χ0v) is 32.0. The van der Waals surface area contributed by atoms with Gasteiger partial charge in [0.2, 0.25) is 0 Å². The molecule has 0 saturated heterocycles. The molecule has 46 heavy (non-hydrogen) atoms. The van der Waals surface area contributed by atoms with Crippen LogP contribution < -0.4 is 0 Å². The number of ketones is 1. The van der Waals surface area contributed by atoms with Crippen molar-refractivity contribution < 1.29 is 30.0 Å². The Morgan fingerprint density at radius 3 is 2.13 bits per heavy atom. The fourth-order valence-corrected chi connectivity index (χ4v) is 5.42. The van der Waals surface area contributed by atoms with E-state index in [9.17, 15) is 9.90 Å². The number of aliphatic hydroxyl groups excluding tert-OH is 1. The van der Waals surface area contributed by atoms with E-state index in [2.05, 4.69) is 95.5 Å². The first-order valence-corrected chi connectivity index (χ1v) is 16.2. The normalized spacial score (nSPS) is 13.3. The number of carbonyl (C=O) groups is 1. The van der Waals surface area contributed by atoms with Crippen molar-refractivity contribution in [3.8, 4) is 22.4 Å². The van der Waals surface area contributed by atoms with Crippen molar-refractivity contribution in [2.45, 2.75) is 101 Å². The van der Waals surface area contributed by atoms with Gasteiger partial charge in [-0.25, -0.2) is 0 Å². The summed E-state index contributed by atoms with van der Waals surface area (Å²) < 4.78 is 0. The summed E-state index contributed by atoms with van der Waals surface area (Å²) >= 11 is 0. The smallest absolute Gasteiger partial charge is 0.164 e. The predicted molar refractivity (Wildman–Crippen MR) is 189 cm³/mol. The molecule has 0 aliphatic heterocycles. The number of aliphatic hydroxyl groups is 1. The van der Waals surface area contributed by atoms with Crippen molar-refractivity contribution in [3.63, 3.8) is 0 Å². The summed E-state index contributed by atoms with van der Waals surface area (Å²) in [5.41, 5.74) is 9.14. The molecule has 0 saturated carbocycles. The van der Waals surface area contributed by atoms with Crippen LogP contribution in [0.1, 0.15) is 98.5 Å². The van der Waals surface area contributed by atoms with Crippen molar-refractivity contribution in [1.82, 2.24) is 9.97 Å². The molecule has 0 spiro atoms. The SMILES string of the molecule is CC(C)(C)C(=O)/C=C(\O)C(C)(C)C.CC(C)Cc1cc2c(cn1)-c1cc(-c3[c-]c4ccccc4c(C(C)(C)C)c3)ncc1CC2.[Ir]. The second-order valence-electron chi connectivity index (χ2n) is 15.9. The van der Waals surface area contributed by atoms with Gasteiger partial charge in [0, 0.05) is 66.4 Å². The summed E-state index contributed by atoms with van der Waals surface area (Å²) in [6.45, 7) is 22.4. The van der Waals surface area contributed by atoms with Crippen LogP contribution in [0.15, 0.2) is 66.7 Å². The number of benzene rings is 2. The maximum Gasteiger partial charge on any atom is 0.164 e. The van der Waals surface area contributed by atoms with E-state index < -0.39 is 5.41 Å². The topological polar surface area (TPSA) is 63.1 Å². The van der Waals surface area contributed by atoms with Gasteiger partial charge in [0.15, 0.2) is 5.78 Å². The Morgan fingerprint density at radius 2 is 1.52 bits per heavy atom. The average Bonchev–Trinajstić information content (AvgIpc) is 2.94. The number of allylic oxidation sites excluding steroid dienone is 2. The summed E-state index contributed by atoms with van der Waals surface area (Å²) in [7, 11) is 0. The first kappa shape index (κ1) is 37.3. The molecule has 5 rings (SSSR count).